The molecule has 2 heterocycles. The second-order valence-corrected chi connectivity index (χ2v) is 6.57. The smallest absolute Gasteiger partial charge is 0.245 e. The lowest BCUT2D eigenvalue weighted by Crippen LogP contribution is -2.51. The van der Waals surface area contributed by atoms with Crippen molar-refractivity contribution in [2.45, 2.75) is 44.2 Å². The highest BCUT2D eigenvalue weighted by molar-refractivity contribution is 5.89. The highest BCUT2D eigenvalue weighted by atomic mass is 35.5. The summed E-state index contributed by atoms with van der Waals surface area (Å²) in [5.74, 6) is 0.163. The maximum atomic E-state index is 12.8. The normalized spacial score (nSPS) is 21.5. The van der Waals surface area contributed by atoms with Gasteiger partial charge in [0.05, 0.1) is 6.42 Å². The molecule has 5 nitrogen and oxygen atoms in total. The maximum absolute atomic E-state index is 12.8. The van der Waals surface area contributed by atoms with Crippen LogP contribution in [0, 0.1) is 0 Å². The van der Waals surface area contributed by atoms with Crippen molar-refractivity contribution in [1.29, 1.82) is 0 Å². The number of nitrogens with zero attached hydrogens (tertiary/aromatic N) is 2. The van der Waals surface area contributed by atoms with Crippen LogP contribution in [0.3, 0.4) is 0 Å². The molecule has 0 radical (unpaired) electrons. The molecule has 1 atom stereocenters. The fourth-order valence-electron chi connectivity index (χ4n) is 3.52. The average molecular weight is 352 g/mol. The van der Waals surface area contributed by atoms with E-state index in [1.807, 2.05) is 35.2 Å². The molecular formula is C18H26ClN3O2. The molecule has 0 aliphatic carbocycles. The van der Waals surface area contributed by atoms with Crippen molar-refractivity contribution in [3.63, 3.8) is 0 Å². The quantitative estimate of drug-likeness (QED) is 0.899. The lowest BCUT2D eigenvalue weighted by atomic mass is 10.0. The third kappa shape index (κ3) is 4.28. The van der Waals surface area contributed by atoms with Crippen molar-refractivity contribution in [3.05, 3.63) is 35.9 Å². The van der Waals surface area contributed by atoms with Crippen LogP contribution in [-0.4, -0.2) is 53.3 Å². The predicted molar refractivity (Wildman–Crippen MR) is 95.9 cm³/mol. The molecule has 24 heavy (non-hydrogen) atoms. The molecule has 2 fully saturated rings. The van der Waals surface area contributed by atoms with Crippen molar-refractivity contribution in [2.75, 3.05) is 19.6 Å². The molecule has 6 heteroatoms. The standard InChI is InChI=1S/C18H25N3O2.ClH/c19-15-8-11-20(12-9-15)18(23)16-7-4-10-21(16)17(22)13-14-5-2-1-3-6-14;/h1-3,5-6,15-16H,4,7-13,19H2;1H. The van der Waals surface area contributed by atoms with Crippen molar-refractivity contribution in [1.82, 2.24) is 9.80 Å². The van der Waals surface area contributed by atoms with Crippen LogP contribution < -0.4 is 5.73 Å². The van der Waals surface area contributed by atoms with E-state index < -0.39 is 0 Å². The minimum absolute atomic E-state index is 0. The van der Waals surface area contributed by atoms with Crippen molar-refractivity contribution < 1.29 is 9.59 Å². The van der Waals surface area contributed by atoms with Crippen LogP contribution in [-0.2, 0) is 16.0 Å². The van der Waals surface area contributed by atoms with Gasteiger partial charge in [-0.2, -0.15) is 0 Å². The fourth-order valence-corrected chi connectivity index (χ4v) is 3.52. The Morgan fingerprint density at radius 3 is 2.38 bits per heavy atom. The van der Waals surface area contributed by atoms with Crippen molar-refractivity contribution in [3.8, 4) is 0 Å². The van der Waals surface area contributed by atoms with Crippen LogP contribution >= 0.6 is 12.4 Å². The molecule has 2 aliphatic rings. The molecule has 1 unspecified atom stereocenters. The third-order valence-corrected chi connectivity index (χ3v) is 4.91. The van der Waals surface area contributed by atoms with Gasteiger partial charge in [-0.15, -0.1) is 12.4 Å². The molecule has 0 bridgehead atoms. The molecule has 2 saturated heterocycles. The lowest BCUT2D eigenvalue weighted by molar-refractivity contribution is -0.144. The molecule has 132 valence electrons. The van der Waals surface area contributed by atoms with Crippen molar-refractivity contribution >= 4 is 24.2 Å². The summed E-state index contributed by atoms with van der Waals surface area (Å²) in [6.45, 7) is 2.13. The Balaban J connectivity index is 0.00000208. The fraction of sp³-hybridized carbons (Fsp3) is 0.556. The van der Waals surface area contributed by atoms with Gasteiger partial charge in [0.15, 0.2) is 0 Å². The number of hydrogen-bond donors (Lipinski definition) is 1. The number of likely N-dealkylation sites (tertiary alicyclic amines) is 2. The van der Waals surface area contributed by atoms with E-state index in [9.17, 15) is 9.59 Å². The van der Waals surface area contributed by atoms with Crippen LogP contribution in [0.15, 0.2) is 30.3 Å². The largest absolute Gasteiger partial charge is 0.341 e. The number of halogens is 1. The number of amides is 2. The number of nitrogens with two attached hydrogens (primary N) is 1. The molecule has 2 amide bonds. The Morgan fingerprint density at radius 2 is 1.71 bits per heavy atom. The van der Waals surface area contributed by atoms with E-state index >= 15 is 0 Å². The first kappa shape index (κ1) is 18.7. The van der Waals surface area contributed by atoms with Crippen LogP contribution in [0.5, 0.6) is 0 Å². The summed E-state index contributed by atoms with van der Waals surface area (Å²) >= 11 is 0. The van der Waals surface area contributed by atoms with Crippen LogP contribution in [0.1, 0.15) is 31.2 Å². The molecule has 2 aliphatic heterocycles. The molecule has 0 saturated carbocycles. The molecule has 2 N–H and O–H groups in total. The Labute approximate surface area is 149 Å². The minimum Gasteiger partial charge on any atom is -0.341 e. The van der Waals surface area contributed by atoms with E-state index in [4.69, 9.17) is 5.73 Å². The van der Waals surface area contributed by atoms with Gasteiger partial charge in [0.2, 0.25) is 11.8 Å². The van der Waals surface area contributed by atoms with Gasteiger partial charge >= 0.3 is 0 Å². The number of rotatable bonds is 3. The molecule has 3 rings (SSSR count). The monoisotopic (exact) mass is 351 g/mol. The van der Waals surface area contributed by atoms with Gasteiger partial charge in [0.1, 0.15) is 6.04 Å². The summed E-state index contributed by atoms with van der Waals surface area (Å²) in [6.07, 6.45) is 3.77. The first-order chi connectivity index (χ1) is 11.1. The van der Waals surface area contributed by atoms with Gasteiger partial charge in [-0.05, 0) is 31.2 Å². The number of hydrogen-bond acceptors (Lipinski definition) is 3. The van der Waals surface area contributed by atoms with Gasteiger partial charge in [0, 0.05) is 25.7 Å². The summed E-state index contributed by atoms with van der Waals surface area (Å²) in [5.41, 5.74) is 6.91. The van der Waals surface area contributed by atoms with Gasteiger partial charge < -0.3 is 15.5 Å². The summed E-state index contributed by atoms with van der Waals surface area (Å²) in [4.78, 5) is 29.0. The van der Waals surface area contributed by atoms with Gasteiger partial charge in [-0.25, -0.2) is 0 Å². The Kier molecular flexibility index (Phi) is 6.63. The van der Waals surface area contributed by atoms with Gasteiger partial charge in [-0.1, -0.05) is 30.3 Å². The second-order valence-electron chi connectivity index (χ2n) is 6.57. The number of piperidine rings is 1. The summed E-state index contributed by atoms with van der Waals surface area (Å²) in [6, 6.07) is 9.66. The Hall–Kier alpha value is -1.59. The first-order valence-electron chi connectivity index (χ1n) is 8.53. The molecular weight excluding hydrogens is 326 g/mol. The van der Waals surface area contributed by atoms with Crippen LogP contribution in [0.25, 0.3) is 0 Å². The molecule has 1 aromatic rings. The van der Waals surface area contributed by atoms with E-state index in [-0.39, 0.29) is 36.3 Å². The first-order valence-corrected chi connectivity index (χ1v) is 8.53. The van der Waals surface area contributed by atoms with E-state index in [2.05, 4.69) is 0 Å². The second kappa shape index (κ2) is 8.49. The molecule has 0 aromatic heterocycles. The highest BCUT2D eigenvalue weighted by Gasteiger charge is 2.37. The molecule has 1 aromatic carbocycles. The lowest BCUT2D eigenvalue weighted by Gasteiger charge is -2.34. The SMILES string of the molecule is Cl.NC1CCN(C(=O)C2CCCN2C(=O)Cc2ccccc2)CC1. The summed E-state index contributed by atoms with van der Waals surface area (Å²) in [5, 5.41) is 0. The number of carbonyl (C=O) groups excluding carboxylic acids is 2. The van der Waals surface area contributed by atoms with Crippen LogP contribution in [0.4, 0.5) is 0 Å². The van der Waals surface area contributed by atoms with Gasteiger partial charge in [-0.3, -0.25) is 9.59 Å². The van der Waals surface area contributed by atoms with E-state index in [0.717, 1.165) is 44.3 Å². The van der Waals surface area contributed by atoms with E-state index in [1.165, 1.54) is 0 Å². The highest BCUT2D eigenvalue weighted by Crippen LogP contribution is 2.22. The van der Waals surface area contributed by atoms with E-state index in [1.54, 1.807) is 4.90 Å². The zero-order valence-electron chi connectivity index (χ0n) is 13.9. The predicted octanol–water partition coefficient (Wildman–Crippen LogP) is 1.59. The van der Waals surface area contributed by atoms with Crippen LogP contribution in [0.2, 0.25) is 0 Å². The Morgan fingerprint density at radius 1 is 1.04 bits per heavy atom. The zero-order chi connectivity index (χ0) is 16.2. The number of benzene rings is 1. The third-order valence-electron chi connectivity index (χ3n) is 4.91. The van der Waals surface area contributed by atoms with Crippen molar-refractivity contribution in [2.24, 2.45) is 5.73 Å². The summed E-state index contributed by atoms with van der Waals surface area (Å²) < 4.78 is 0. The minimum atomic E-state index is -0.277. The number of carbonyl (C=O) groups is 2. The topological polar surface area (TPSA) is 66.6 Å². The molecule has 0 spiro atoms. The average Bonchev–Trinajstić information content (AvgIpc) is 3.05. The maximum Gasteiger partial charge on any atom is 0.245 e. The van der Waals surface area contributed by atoms with E-state index in [0.29, 0.717) is 13.0 Å². The van der Waals surface area contributed by atoms with Gasteiger partial charge in [0.25, 0.3) is 0 Å². The summed E-state index contributed by atoms with van der Waals surface area (Å²) in [7, 11) is 0. The zero-order valence-corrected chi connectivity index (χ0v) is 14.7. The Bertz CT molecular complexity index is 559.